The lowest BCUT2D eigenvalue weighted by Crippen LogP contribution is -2.65. The van der Waals surface area contributed by atoms with Crippen LogP contribution in [0.1, 0.15) is 6.92 Å². The van der Waals surface area contributed by atoms with Crippen LogP contribution in [0.3, 0.4) is 0 Å². The van der Waals surface area contributed by atoms with Crippen molar-refractivity contribution < 1.29 is 83.6 Å². The van der Waals surface area contributed by atoms with Crippen LogP contribution in [-0.4, -0.2) is 134 Å². The highest BCUT2D eigenvalue weighted by atomic mass is 16.8. The average Bonchev–Trinajstić information content (AvgIpc) is 3.05. The zero-order chi connectivity index (χ0) is 35.0. The van der Waals surface area contributed by atoms with Gasteiger partial charge >= 0.3 is 5.97 Å². The molecular weight excluding hydrogens is 648 g/mol. The van der Waals surface area contributed by atoms with Crippen molar-refractivity contribution in [2.75, 3.05) is 20.3 Å². The number of benzene rings is 2. The molecule has 2 fully saturated rings. The van der Waals surface area contributed by atoms with Crippen LogP contribution in [0.5, 0.6) is 28.7 Å². The summed E-state index contributed by atoms with van der Waals surface area (Å²) < 4.78 is 38.1. The molecule has 0 bridgehead atoms. The Balaban J connectivity index is 1.50. The molecule has 5 rings (SSSR count). The number of phenols is 3. The van der Waals surface area contributed by atoms with Gasteiger partial charge < -0.3 is 78.8 Å². The highest BCUT2D eigenvalue weighted by molar-refractivity contribution is 5.91. The summed E-state index contributed by atoms with van der Waals surface area (Å²) in [7, 11) is 1.30. The summed E-state index contributed by atoms with van der Waals surface area (Å²) in [5.41, 5.74) is -1.09. The number of fused-ring (bicyclic) bond motifs is 1. The standard InChI is InChI=1S/C30H34O18/c1-10(32)43-9-19-22(37)24(39)26(41)29(47-19)48-28-25(40)21(36)18(8-31)46-30(28)45-17-7-14(35)20-13(34)6-15(44-27(20)23(17)38)11-3-4-12(33)16(5-11)42-2/h3-7,18-19,21-22,24-26,28-31,33,35-41H,8-9H2,1-2H3/t18-,19-,21-,22-,24-,25+,26-,28-,29+,30-/m1/s1. The van der Waals surface area contributed by atoms with E-state index in [1.165, 1.54) is 25.3 Å². The molecule has 9 N–H and O–H groups in total. The van der Waals surface area contributed by atoms with Gasteiger partial charge in [0, 0.05) is 24.6 Å². The van der Waals surface area contributed by atoms with Gasteiger partial charge in [-0.05, 0) is 18.2 Å². The first-order valence-electron chi connectivity index (χ1n) is 14.4. The monoisotopic (exact) mass is 682 g/mol. The summed E-state index contributed by atoms with van der Waals surface area (Å²) in [6.07, 6.45) is -17.8. The lowest BCUT2D eigenvalue weighted by Gasteiger charge is -2.45. The van der Waals surface area contributed by atoms with Crippen LogP contribution in [-0.2, 0) is 23.7 Å². The first-order chi connectivity index (χ1) is 22.7. The van der Waals surface area contributed by atoms with Gasteiger partial charge in [-0.1, -0.05) is 0 Å². The van der Waals surface area contributed by atoms with Gasteiger partial charge in [-0.2, -0.15) is 0 Å². The molecule has 0 amide bonds. The number of rotatable bonds is 9. The third-order valence-electron chi connectivity index (χ3n) is 7.86. The van der Waals surface area contributed by atoms with E-state index in [2.05, 4.69) is 0 Å². The Labute approximate surface area is 270 Å². The second kappa shape index (κ2) is 14.1. The van der Waals surface area contributed by atoms with Gasteiger partial charge in [-0.15, -0.1) is 0 Å². The number of aromatic hydroxyl groups is 3. The largest absolute Gasteiger partial charge is 0.507 e. The number of carbonyl (C=O) groups is 1. The van der Waals surface area contributed by atoms with Crippen molar-refractivity contribution in [3.8, 4) is 40.1 Å². The summed E-state index contributed by atoms with van der Waals surface area (Å²) in [6.45, 7) is -0.319. The molecule has 18 nitrogen and oxygen atoms in total. The maximum Gasteiger partial charge on any atom is 0.302 e. The van der Waals surface area contributed by atoms with Gasteiger partial charge in [-0.25, -0.2) is 0 Å². The number of aliphatic hydroxyl groups excluding tert-OH is 6. The zero-order valence-electron chi connectivity index (χ0n) is 25.3. The molecule has 3 heterocycles. The molecule has 3 aromatic rings. The van der Waals surface area contributed by atoms with Gasteiger partial charge in [0.15, 0.2) is 40.7 Å². The number of esters is 1. The minimum atomic E-state index is -1.96. The van der Waals surface area contributed by atoms with Crippen LogP contribution >= 0.6 is 0 Å². The summed E-state index contributed by atoms with van der Waals surface area (Å²) in [6, 6.07) is 5.88. The molecule has 1 aromatic heterocycles. The molecule has 48 heavy (non-hydrogen) atoms. The minimum absolute atomic E-state index is 0.0471. The van der Waals surface area contributed by atoms with E-state index in [1.54, 1.807) is 0 Å². The van der Waals surface area contributed by atoms with Crippen LogP contribution in [0.2, 0.25) is 0 Å². The molecule has 2 aromatic carbocycles. The highest BCUT2D eigenvalue weighted by Gasteiger charge is 2.51. The molecule has 2 aliphatic heterocycles. The number of aliphatic hydroxyl groups is 6. The molecule has 262 valence electrons. The zero-order valence-corrected chi connectivity index (χ0v) is 25.3. The SMILES string of the molecule is COc1cc(-c2cc(=O)c3c(O)cc(O[C@@H]4O[C@H](CO)[C@@H](O)[C@H](O)[C@H]4O[C@@H]4O[C@H](COC(C)=O)[C@@H](O)[C@@H](O)[C@H]4O)c(O)c3o2)ccc1O. The molecule has 0 radical (unpaired) electrons. The number of methoxy groups -OCH3 is 1. The average molecular weight is 683 g/mol. The van der Waals surface area contributed by atoms with Crippen molar-refractivity contribution in [2.45, 2.75) is 68.3 Å². The van der Waals surface area contributed by atoms with Crippen LogP contribution in [0, 0.1) is 0 Å². The Morgan fingerprint density at radius 1 is 0.833 bits per heavy atom. The molecular formula is C30H34O18. The van der Waals surface area contributed by atoms with E-state index < -0.39 is 114 Å². The third kappa shape index (κ3) is 6.70. The van der Waals surface area contributed by atoms with Gasteiger partial charge in [0.1, 0.15) is 66.2 Å². The topological polar surface area (TPSA) is 285 Å². The molecule has 0 aliphatic carbocycles. The van der Waals surface area contributed by atoms with Crippen molar-refractivity contribution in [2.24, 2.45) is 0 Å². The summed E-state index contributed by atoms with van der Waals surface area (Å²) >= 11 is 0. The van der Waals surface area contributed by atoms with Gasteiger partial charge in [0.25, 0.3) is 0 Å². The maximum absolute atomic E-state index is 13.0. The summed E-state index contributed by atoms with van der Waals surface area (Å²) in [5.74, 6) is -3.16. The molecule has 0 spiro atoms. The Morgan fingerprint density at radius 2 is 1.52 bits per heavy atom. The van der Waals surface area contributed by atoms with E-state index in [-0.39, 0.29) is 22.8 Å². The molecule has 2 aliphatic rings. The van der Waals surface area contributed by atoms with Gasteiger partial charge in [-0.3, -0.25) is 9.59 Å². The van der Waals surface area contributed by atoms with E-state index >= 15 is 0 Å². The number of phenolic OH excluding ortho intramolecular Hbond substituents is 3. The van der Waals surface area contributed by atoms with Crippen LogP contribution in [0.4, 0.5) is 0 Å². The first kappa shape index (κ1) is 35.1. The summed E-state index contributed by atoms with van der Waals surface area (Å²) in [4.78, 5) is 24.3. The van der Waals surface area contributed by atoms with Gasteiger partial charge in [0.05, 0.1) is 13.7 Å². The molecule has 10 atom stereocenters. The maximum atomic E-state index is 13.0. The normalized spacial score (nSPS) is 30.6. The Kier molecular flexibility index (Phi) is 10.3. The Morgan fingerprint density at radius 3 is 2.19 bits per heavy atom. The van der Waals surface area contributed by atoms with E-state index in [9.17, 15) is 55.5 Å². The van der Waals surface area contributed by atoms with Crippen molar-refractivity contribution >= 4 is 16.9 Å². The number of hydrogen-bond donors (Lipinski definition) is 9. The van der Waals surface area contributed by atoms with Crippen LogP contribution < -0.4 is 14.9 Å². The van der Waals surface area contributed by atoms with E-state index in [1.807, 2.05) is 0 Å². The molecule has 18 heteroatoms. The fourth-order valence-electron chi connectivity index (χ4n) is 5.28. The molecule has 0 saturated carbocycles. The fraction of sp³-hybridized carbons (Fsp3) is 0.467. The van der Waals surface area contributed by atoms with Crippen molar-refractivity contribution in [3.63, 3.8) is 0 Å². The number of carbonyl (C=O) groups excluding carboxylic acids is 1. The fourth-order valence-corrected chi connectivity index (χ4v) is 5.28. The molecule has 0 unspecified atom stereocenters. The second-order valence-corrected chi connectivity index (χ2v) is 11.1. The van der Waals surface area contributed by atoms with Crippen LogP contribution in [0.15, 0.2) is 39.5 Å². The quantitative estimate of drug-likeness (QED) is 0.0885. The Bertz CT molecular complexity index is 1690. The third-order valence-corrected chi connectivity index (χ3v) is 7.86. The Hall–Kier alpha value is -4.24. The van der Waals surface area contributed by atoms with Crippen LogP contribution in [0.25, 0.3) is 22.3 Å². The lowest BCUT2D eigenvalue weighted by atomic mass is 9.97. The molecule has 2 saturated heterocycles. The smallest absolute Gasteiger partial charge is 0.302 e. The number of hydrogen-bond acceptors (Lipinski definition) is 18. The second-order valence-electron chi connectivity index (χ2n) is 11.1. The predicted octanol–water partition coefficient (Wildman–Crippen LogP) is -1.84. The van der Waals surface area contributed by atoms with E-state index in [0.717, 1.165) is 19.1 Å². The van der Waals surface area contributed by atoms with E-state index in [4.69, 9.17) is 32.8 Å². The van der Waals surface area contributed by atoms with Gasteiger partial charge in [0.2, 0.25) is 12.0 Å². The highest BCUT2D eigenvalue weighted by Crippen LogP contribution is 2.42. The lowest BCUT2D eigenvalue weighted by molar-refractivity contribution is -0.358. The number of ether oxygens (including phenoxy) is 6. The first-order valence-corrected chi connectivity index (χ1v) is 14.4. The van der Waals surface area contributed by atoms with E-state index in [0.29, 0.717) is 0 Å². The predicted molar refractivity (Wildman–Crippen MR) is 156 cm³/mol. The van der Waals surface area contributed by atoms with Crippen molar-refractivity contribution in [3.05, 3.63) is 40.6 Å². The van der Waals surface area contributed by atoms with Crippen molar-refractivity contribution in [1.29, 1.82) is 0 Å². The van der Waals surface area contributed by atoms with Crippen molar-refractivity contribution in [1.82, 2.24) is 0 Å². The minimum Gasteiger partial charge on any atom is -0.507 e. The summed E-state index contributed by atoms with van der Waals surface area (Å²) in [5, 5.41) is 94.0.